The Kier molecular flexibility index (Phi) is 6.05. The number of benzene rings is 2. The van der Waals surface area contributed by atoms with Crippen molar-refractivity contribution < 1.29 is 4.79 Å². The van der Waals surface area contributed by atoms with Crippen LogP contribution in [0.15, 0.2) is 54.6 Å². The average Bonchev–Trinajstić information content (AvgIpc) is 2.87. The Bertz CT molecular complexity index is 680. The Balaban J connectivity index is 1.55. The fourth-order valence-corrected chi connectivity index (χ4v) is 4.44. The molecule has 1 unspecified atom stereocenters. The SMILES string of the molecule is O=C(NCc1ccccc1)N1CCSC(c2ccccc2Cl)CC1. The Morgan fingerprint density at radius 2 is 1.88 bits per heavy atom. The Labute approximate surface area is 152 Å². The predicted molar refractivity (Wildman–Crippen MR) is 102 cm³/mol. The van der Waals surface area contributed by atoms with Gasteiger partial charge in [0.05, 0.1) is 0 Å². The van der Waals surface area contributed by atoms with E-state index >= 15 is 0 Å². The maximum Gasteiger partial charge on any atom is 0.317 e. The van der Waals surface area contributed by atoms with E-state index in [9.17, 15) is 4.79 Å². The molecular weight excluding hydrogens is 340 g/mol. The molecule has 1 heterocycles. The quantitative estimate of drug-likeness (QED) is 0.858. The van der Waals surface area contributed by atoms with Crippen molar-refractivity contribution in [3.63, 3.8) is 0 Å². The van der Waals surface area contributed by atoms with Gasteiger partial charge in [-0.3, -0.25) is 0 Å². The molecule has 1 aliphatic rings. The smallest absolute Gasteiger partial charge is 0.317 e. The number of thioether (sulfide) groups is 1. The molecule has 0 saturated carbocycles. The van der Waals surface area contributed by atoms with Gasteiger partial charge in [-0.2, -0.15) is 11.8 Å². The van der Waals surface area contributed by atoms with Crippen molar-refractivity contribution in [1.29, 1.82) is 0 Å². The van der Waals surface area contributed by atoms with Gasteiger partial charge in [0.15, 0.2) is 0 Å². The molecule has 24 heavy (non-hydrogen) atoms. The van der Waals surface area contributed by atoms with Crippen LogP contribution >= 0.6 is 23.4 Å². The summed E-state index contributed by atoms with van der Waals surface area (Å²) in [4.78, 5) is 14.3. The van der Waals surface area contributed by atoms with Gasteiger partial charge < -0.3 is 10.2 Å². The van der Waals surface area contributed by atoms with Gasteiger partial charge in [-0.15, -0.1) is 0 Å². The molecule has 0 radical (unpaired) electrons. The minimum Gasteiger partial charge on any atom is -0.334 e. The van der Waals surface area contributed by atoms with Gasteiger partial charge in [-0.1, -0.05) is 60.1 Å². The van der Waals surface area contributed by atoms with Gasteiger partial charge in [0.1, 0.15) is 0 Å². The maximum absolute atomic E-state index is 12.4. The van der Waals surface area contributed by atoms with E-state index in [1.807, 2.05) is 65.2 Å². The molecule has 0 spiro atoms. The predicted octanol–water partition coefficient (Wildman–Crippen LogP) is 4.73. The maximum atomic E-state index is 12.4. The van der Waals surface area contributed by atoms with Crippen molar-refractivity contribution in [3.8, 4) is 0 Å². The zero-order valence-corrected chi connectivity index (χ0v) is 15.0. The first-order chi connectivity index (χ1) is 11.7. The minimum absolute atomic E-state index is 0.0132. The number of carbonyl (C=O) groups excluding carboxylic acids is 1. The lowest BCUT2D eigenvalue weighted by Crippen LogP contribution is -2.40. The highest BCUT2D eigenvalue weighted by Gasteiger charge is 2.23. The summed E-state index contributed by atoms with van der Waals surface area (Å²) >= 11 is 8.20. The van der Waals surface area contributed by atoms with Crippen LogP contribution in [0.5, 0.6) is 0 Å². The molecule has 3 rings (SSSR count). The largest absolute Gasteiger partial charge is 0.334 e. The summed E-state index contributed by atoms with van der Waals surface area (Å²) in [5.41, 5.74) is 2.29. The molecule has 3 nitrogen and oxygen atoms in total. The molecule has 0 aromatic heterocycles. The summed E-state index contributed by atoms with van der Waals surface area (Å²) in [5.74, 6) is 0.925. The molecule has 2 amide bonds. The van der Waals surface area contributed by atoms with Gasteiger partial charge in [-0.25, -0.2) is 4.79 Å². The molecule has 1 N–H and O–H groups in total. The number of carbonyl (C=O) groups is 1. The molecule has 2 aromatic rings. The van der Waals surface area contributed by atoms with Crippen LogP contribution < -0.4 is 5.32 Å². The molecular formula is C19H21ClN2OS. The van der Waals surface area contributed by atoms with E-state index in [1.54, 1.807) is 0 Å². The number of nitrogens with one attached hydrogen (secondary N) is 1. The van der Waals surface area contributed by atoms with Crippen LogP contribution in [-0.2, 0) is 6.54 Å². The molecule has 1 fully saturated rings. The van der Waals surface area contributed by atoms with Crippen LogP contribution in [0.25, 0.3) is 0 Å². The molecule has 1 atom stereocenters. The fraction of sp³-hybridized carbons (Fsp3) is 0.316. The zero-order valence-electron chi connectivity index (χ0n) is 13.5. The van der Waals surface area contributed by atoms with Crippen molar-refractivity contribution in [1.82, 2.24) is 10.2 Å². The van der Waals surface area contributed by atoms with Crippen molar-refractivity contribution in [2.45, 2.75) is 18.2 Å². The number of urea groups is 1. The van der Waals surface area contributed by atoms with Gasteiger partial charge in [-0.05, 0) is 23.6 Å². The van der Waals surface area contributed by atoms with Gasteiger partial charge in [0, 0.05) is 35.7 Å². The Morgan fingerprint density at radius 1 is 1.12 bits per heavy atom. The fourth-order valence-electron chi connectivity index (χ4n) is 2.84. The number of rotatable bonds is 3. The van der Waals surface area contributed by atoms with Crippen molar-refractivity contribution >= 4 is 29.4 Å². The van der Waals surface area contributed by atoms with E-state index in [4.69, 9.17) is 11.6 Å². The monoisotopic (exact) mass is 360 g/mol. The van der Waals surface area contributed by atoms with Gasteiger partial charge in [0.25, 0.3) is 0 Å². The van der Waals surface area contributed by atoms with Gasteiger partial charge in [0.2, 0.25) is 0 Å². The number of hydrogen-bond acceptors (Lipinski definition) is 2. The summed E-state index contributed by atoms with van der Waals surface area (Å²) < 4.78 is 0. The first-order valence-corrected chi connectivity index (χ1v) is 9.59. The van der Waals surface area contributed by atoms with Crippen LogP contribution in [0, 0.1) is 0 Å². The second kappa shape index (κ2) is 8.45. The van der Waals surface area contributed by atoms with Crippen LogP contribution in [0.4, 0.5) is 4.79 Å². The van der Waals surface area contributed by atoms with E-state index in [0.717, 1.165) is 35.8 Å². The standard InChI is InChI=1S/C19H21ClN2OS/c20-17-9-5-4-8-16(17)18-10-11-22(12-13-24-18)19(23)21-14-15-6-2-1-3-7-15/h1-9,18H,10-14H2,(H,21,23). The summed E-state index contributed by atoms with van der Waals surface area (Å²) in [7, 11) is 0. The highest BCUT2D eigenvalue weighted by molar-refractivity contribution is 7.99. The lowest BCUT2D eigenvalue weighted by Gasteiger charge is -2.21. The van der Waals surface area contributed by atoms with E-state index in [-0.39, 0.29) is 6.03 Å². The highest BCUT2D eigenvalue weighted by atomic mass is 35.5. The van der Waals surface area contributed by atoms with Crippen molar-refractivity contribution in [2.24, 2.45) is 0 Å². The normalized spacial score (nSPS) is 18.0. The summed E-state index contributed by atoms with van der Waals surface area (Å²) in [6.07, 6.45) is 0.924. The Morgan fingerprint density at radius 3 is 2.67 bits per heavy atom. The Hall–Kier alpha value is -1.65. The van der Waals surface area contributed by atoms with E-state index in [0.29, 0.717) is 11.8 Å². The van der Waals surface area contributed by atoms with Crippen molar-refractivity contribution in [2.75, 3.05) is 18.8 Å². The van der Waals surface area contributed by atoms with Crippen LogP contribution in [-0.4, -0.2) is 29.8 Å². The van der Waals surface area contributed by atoms with Crippen LogP contribution in [0.2, 0.25) is 5.02 Å². The van der Waals surface area contributed by atoms with Crippen molar-refractivity contribution in [3.05, 3.63) is 70.7 Å². The molecule has 0 bridgehead atoms. The highest BCUT2D eigenvalue weighted by Crippen LogP contribution is 2.37. The lowest BCUT2D eigenvalue weighted by molar-refractivity contribution is 0.200. The molecule has 1 saturated heterocycles. The van der Waals surface area contributed by atoms with E-state index in [2.05, 4.69) is 11.4 Å². The second-order valence-corrected chi connectivity index (χ2v) is 7.52. The number of amides is 2. The van der Waals surface area contributed by atoms with E-state index < -0.39 is 0 Å². The second-order valence-electron chi connectivity index (χ2n) is 5.80. The number of hydrogen-bond donors (Lipinski definition) is 1. The molecule has 0 aliphatic carbocycles. The van der Waals surface area contributed by atoms with Crippen LogP contribution in [0.1, 0.15) is 22.8 Å². The summed E-state index contributed by atoms with van der Waals surface area (Å²) in [6, 6.07) is 18.0. The van der Waals surface area contributed by atoms with E-state index in [1.165, 1.54) is 5.56 Å². The number of nitrogens with zero attached hydrogens (tertiary/aromatic N) is 1. The number of halogens is 1. The molecule has 1 aliphatic heterocycles. The van der Waals surface area contributed by atoms with Crippen LogP contribution in [0.3, 0.4) is 0 Å². The summed E-state index contributed by atoms with van der Waals surface area (Å²) in [5, 5.41) is 4.18. The third-order valence-corrected chi connectivity index (χ3v) is 5.82. The first-order valence-electron chi connectivity index (χ1n) is 8.17. The molecule has 5 heteroatoms. The summed E-state index contributed by atoms with van der Waals surface area (Å²) in [6.45, 7) is 2.09. The molecule has 126 valence electrons. The van der Waals surface area contributed by atoms with Gasteiger partial charge >= 0.3 is 6.03 Å². The third kappa shape index (κ3) is 4.46. The lowest BCUT2D eigenvalue weighted by atomic mass is 10.1. The zero-order chi connectivity index (χ0) is 16.8. The average molecular weight is 361 g/mol. The first kappa shape index (κ1) is 17.2. The third-order valence-electron chi connectivity index (χ3n) is 4.17. The molecule has 2 aromatic carbocycles. The minimum atomic E-state index is 0.0132. The topological polar surface area (TPSA) is 32.3 Å².